The predicted octanol–water partition coefficient (Wildman–Crippen LogP) is -4.24. The third-order valence-corrected chi connectivity index (χ3v) is 1.49. The minimum absolute atomic E-state index is 0. The molecule has 0 atom stereocenters. The third kappa shape index (κ3) is 8.47. The molecule has 0 unspecified atom stereocenters. The smallest absolute Gasteiger partial charge is 0.196 e. The van der Waals surface area contributed by atoms with E-state index in [1.54, 1.807) is 0 Å². The van der Waals surface area contributed by atoms with Crippen LogP contribution in [0.5, 0.6) is 0 Å². The maximum atomic E-state index is 8.68. The quantitative estimate of drug-likeness (QED) is 0.201. The van der Waals surface area contributed by atoms with Gasteiger partial charge in [0.2, 0.25) is 0 Å². The molecule has 17 heavy (non-hydrogen) atoms. The second-order valence-corrected chi connectivity index (χ2v) is 2.75. The molecule has 0 aliphatic heterocycles. The van der Waals surface area contributed by atoms with E-state index in [0.717, 1.165) is 0 Å². The summed E-state index contributed by atoms with van der Waals surface area (Å²) in [5, 5.41) is 26.0. The van der Waals surface area contributed by atoms with Crippen LogP contribution >= 0.6 is 0 Å². The van der Waals surface area contributed by atoms with E-state index in [0.29, 0.717) is 0 Å². The van der Waals surface area contributed by atoms with Crippen molar-refractivity contribution in [3.8, 4) is 0 Å². The van der Waals surface area contributed by atoms with Crippen molar-refractivity contribution in [2.75, 3.05) is 46.2 Å². The second kappa shape index (κ2) is 12.2. The molecule has 0 heterocycles. The first-order chi connectivity index (χ1) is 7.74. The van der Waals surface area contributed by atoms with Crippen LogP contribution in [0.25, 0.3) is 0 Å². The summed E-state index contributed by atoms with van der Waals surface area (Å²) in [5.41, 5.74) is 0. The Labute approximate surface area is 107 Å². The van der Waals surface area contributed by atoms with Gasteiger partial charge in [0.1, 0.15) is 19.8 Å². The standard InChI is InChI=1S/C9H20NO6.ClH/c1-2-3-10(14-7-4-11,15-8-5-12)16-9-6-13;/h2,11-13H,1,3-9H2;1H/q+1;/p-1. The van der Waals surface area contributed by atoms with E-state index in [9.17, 15) is 0 Å². The van der Waals surface area contributed by atoms with Crippen LogP contribution in [-0.4, -0.2) is 66.5 Å². The lowest BCUT2D eigenvalue weighted by Gasteiger charge is -2.27. The number of quaternary nitrogens is 1. The summed E-state index contributed by atoms with van der Waals surface area (Å²) in [5.74, 6) is 0. The number of halogens is 1. The molecule has 3 N–H and O–H groups in total. The Balaban J connectivity index is 0. The molecular weight excluding hydrogens is 254 g/mol. The van der Waals surface area contributed by atoms with Gasteiger partial charge in [-0.25, -0.2) is 0 Å². The lowest BCUT2D eigenvalue weighted by atomic mass is 10.6. The highest BCUT2D eigenvalue weighted by atomic mass is 35.5. The van der Waals surface area contributed by atoms with Crippen LogP contribution in [0.2, 0.25) is 0 Å². The van der Waals surface area contributed by atoms with Crippen molar-refractivity contribution in [3.05, 3.63) is 12.7 Å². The van der Waals surface area contributed by atoms with Gasteiger partial charge in [-0.05, 0) is 6.08 Å². The minimum atomic E-state index is -0.689. The molecule has 0 bridgehead atoms. The molecule has 8 heteroatoms. The molecule has 0 aromatic rings. The fourth-order valence-electron chi connectivity index (χ4n) is 0.968. The summed E-state index contributed by atoms with van der Waals surface area (Å²) < 4.78 is 0. The zero-order chi connectivity index (χ0) is 12.3. The molecule has 0 aliphatic rings. The molecule has 0 aromatic carbocycles. The van der Waals surface area contributed by atoms with Gasteiger partial charge in [-0.3, -0.25) is 0 Å². The fourth-order valence-corrected chi connectivity index (χ4v) is 0.968. The first-order valence-corrected chi connectivity index (χ1v) is 5.00. The Bertz CT molecular complexity index is 161. The van der Waals surface area contributed by atoms with Gasteiger partial charge in [0.15, 0.2) is 6.54 Å². The summed E-state index contributed by atoms with van der Waals surface area (Å²) >= 11 is 0. The Kier molecular flexibility index (Phi) is 13.7. The SMILES string of the molecule is C=CC[N+](OCCO)(OCCO)OCCO.[Cl-]. The van der Waals surface area contributed by atoms with Crippen molar-refractivity contribution >= 4 is 0 Å². The van der Waals surface area contributed by atoms with Crippen LogP contribution in [0.15, 0.2) is 12.7 Å². The van der Waals surface area contributed by atoms with Crippen LogP contribution in [0.4, 0.5) is 0 Å². The molecule has 104 valence electrons. The highest BCUT2D eigenvalue weighted by molar-refractivity contribution is 4.61. The van der Waals surface area contributed by atoms with Gasteiger partial charge in [-0.1, -0.05) is 6.58 Å². The van der Waals surface area contributed by atoms with Crippen molar-refractivity contribution < 1.29 is 47.2 Å². The molecule has 0 amide bonds. The van der Waals surface area contributed by atoms with Crippen molar-refractivity contribution in [1.29, 1.82) is 0 Å². The van der Waals surface area contributed by atoms with Gasteiger partial charge in [-0.15, -0.1) is 14.5 Å². The molecule has 0 saturated heterocycles. The van der Waals surface area contributed by atoms with E-state index in [1.807, 2.05) is 0 Å². The maximum Gasteiger partial charge on any atom is 0.196 e. The average molecular weight is 274 g/mol. The zero-order valence-corrected chi connectivity index (χ0v) is 10.4. The largest absolute Gasteiger partial charge is 1.00 e. The number of rotatable bonds is 11. The maximum absolute atomic E-state index is 8.68. The normalized spacial score (nSPS) is 11.0. The average Bonchev–Trinajstić information content (AvgIpc) is 2.31. The van der Waals surface area contributed by atoms with Crippen LogP contribution in [-0.2, 0) is 14.5 Å². The molecule has 7 nitrogen and oxygen atoms in total. The first-order valence-electron chi connectivity index (χ1n) is 5.00. The fraction of sp³-hybridized carbons (Fsp3) is 0.778. The Morgan fingerprint density at radius 3 is 1.47 bits per heavy atom. The molecule has 0 aliphatic carbocycles. The Morgan fingerprint density at radius 1 is 0.882 bits per heavy atom. The topological polar surface area (TPSA) is 88.4 Å². The number of nitrogens with zero attached hydrogens (tertiary/aromatic N) is 1. The first kappa shape index (κ1) is 19.1. The van der Waals surface area contributed by atoms with Crippen LogP contribution in [0.3, 0.4) is 0 Å². The van der Waals surface area contributed by atoms with E-state index in [2.05, 4.69) is 6.58 Å². The second-order valence-electron chi connectivity index (χ2n) is 2.75. The van der Waals surface area contributed by atoms with Gasteiger partial charge in [0.05, 0.1) is 24.8 Å². The van der Waals surface area contributed by atoms with Crippen LogP contribution in [0, 0.1) is 0 Å². The van der Waals surface area contributed by atoms with E-state index in [-0.39, 0.29) is 58.6 Å². The van der Waals surface area contributed by atoms with Crippen LogP contribution in [0.1, 0.15) is 0 Å². The number of hydrogen-bond donors (Lipinski definition) is 3. The van der Waals surface area contributed by atoms with Crippen molar-refractivity contribution in [1.82, 2.24) is 0 Å². The van der Waals surface area contributed by atoms with Crippen molar-refractivity contribution in [2.45, 2.75) is 0 Å². The molecule has 0 rings (SSSR count). The van der Waals surface area contributed by atoms with Crippen molar-refractivity contribution in [2.24, 2.45) is 0 Å². The molecule has 0 saturated carbocycles. The van der Waals surface area contributed by atoms with E-state index >= 15 is 0 Å². The summed E-state index contributed by atoms with van der Waals surface area (Å²) in [4.78, 5) is 14.8. The van der Waals surface area contributed by atoms with Gasteiger partial charge < -0.3 is 27.7 Å². The lowest BCUT2D eigenvalue weighted by molar-refractivity contribution is -1.36. The Hall–Kier alpha value is -0.250. The zero-order valence-electron chi connectivity index (χ0n) is 9.63. The van der Waals surface area contributed by atoms with Crippen molar-refractivity contribution in [3.63, 3.8) is 0 Å². The molecule has 0 radical (unpaired) electrons. The summed E-state index contributed by atoms with van der Waals surface area (Å²) in [7, 11) is 0. The molecule has 0 fully saturated rings. The number of hydrogen-bond acceptors (Lipinski definition) is 6. The monoisotopic (exact) mass is 273 g/mol. The number of aliphatic hydroxyl groups is 3. The highest BCUT2D eigenvalue weighted by Gasteiger charge is 2.33. The van der Waals surface area contributed by atoms with E-state index < -0.39 is 4.97 Å². The number of hydroxylamine groups is 3. The lowest BCUT2D eigenvalue weighted by Crippen LogP contribution is -3.00. The van der Waals surface area contributed by atoms with Gasteiger partial charge in [-0.2, -0.15) is 0 Å². The number of aliphatic hydroxyl groups excluding tert-OH is 3. The molecule has 0 aromatic heterocycles. The summed E-state index contributed by atoms with van der Waals surface area (Å²) in [6, 6.07) is 0. The van der Waals surface area contributed by atoms with Crippen LogP contribution < -0.4 is 12.4 Å². The summed E-state index contributed by atoms with van der Waals surface area (Å²) in [6.07, 6.45) is 1.51. The molecule has 0 spiro atoms. The van der Waals surface area contributed by atoms with Gasteiger partial charge >= 0.3 is 0 Å². The van der Waals surface area contributed by atoms with Gasteiger partial charge in [0.25, 0.3) is 0 Å². The highest BCUT2D eigenvalue weighted by Crippen LogP contribution is 2.11. The van der Waals surface area contributed by atoms with Gasteiger partial charge in [0, 0.05) is 0 Å². The molecular formula is C9H20ClNO6. The summed E-state index contributed by atoms with van der Waals surface area (Å²) in [6.45, 7) is 3.13. The predicted molar refractivity (Wildman–Crippen MR) is 54.4 cm³/mol. The van der Waals surface area contributed by atoms with E-state index in [4.69, 9.17) is 29.8 Å². The van der Waals surface area contributed by atoms with E-state index in [1.165, 1.54) is 6.08 Å². The minimum Gasteiger partial charge on any atom is -1.00 e. The third-order valence-electron chi connectivity index (χ3n) is 1.49. The Morgan fingerprint density at radius 2 is 1.24 bits per heavy atom.